The molecule has 1 fully saturated rings. The summed E-state index contributed by atoms with van der Waals surface area (Å²) in [5, 5.41) is 4.12. The number of hydrogen-bond acceptors (Lipinski definition) is 6. The topological polar surface area (TPSA) is 32.3 Å². The second kappa shape index (κ2) is 7.18. The number of anilines is 2. The Morgan fingerprint density at radius 3 is 2.11 bits per heavy atom. The molecule has 4 aromatic rings. The number of aryl methyl sites for hydroxylation is 1. The fourth-order valence-electron chi connectivity index (χ4n) is 3.44. The molecule has 1 aliphatic heterocycles. The Morgan fingerprint density at radius 1 is 0.821 bits per heavy atom. The third kappa shape index (κ3) is 3.21. The van der Waals surface area contributed by atoms with E-state index in [2.05, 4.69) is 16.7 Å². The lowest BCUT2D eigenvalue weighted by atomic mass is 10.2. The first-order valence-corrected chi connectivity index (χ1v) is 11.6. The molecule has 0 aliphatic carbocycles. The van der Waals surface area contributed by atoms with Crippen LogP contribution in [0.5, 0.6) is 0 Å². The summed E-state index contributed by atoms with van der Waals surface area (Å²) < 4.78 is 2.09. The summed E-state index contributed by atoms with van der Waals surface area (Å²) in [6.45, 7) is 5.60. The first-order valence-electron chi connectivity index (χ1n) is 8.81. The van der Waals surface area contributed by atoms with E-state index in [9.17, 15) is 0 Å². The molecule has 5 rings (SSSR count). The van der Waals surface area contributed by atoms with E-state index in [1.54, 1.807) is 28.7 Å². The second-order valence-corrected chi connectivity index (χ2v) is 9.98. The van der Waals surface area contributed by atoms with E-state index >= 15 is 0 Å². The monoisotopic (exact) mass is 468 g/mol. The highest BCUT2D eigenvalue weighted by molar-refractivity contribution is 7.23. The van der Waals surface area contributed by atoms with Crippen molar-refractivity contribution in [1.29, 1.82) is 0 Å². The van der Waals surface area contributed by atoms with Gasteiger partial charge in [-0.25, -0.2) is 9.97 Å². The van der Waals surface area contributed by atoms with Crippen LogP contribution in [0.15, 0.2) is 24.3 Å². The van der Waals surface area contributed by atoms with Crippen molar-refractivity contribution in [3.05, 3.63) is 44.9 Å². The number of rotatable bonds is 2. The minimum Gasteiger partial charge on any atom is -0.345 e. The summed E-state index contributed by atoms with van der Waals surface area (Å²) in [4.78, 5) is 14.2. The molecule has 0 saturated carbocycles. The molecular weight excluding hydrogens is 455 g/mol. The number of thiazole rings is 2. The van der Waals surface area contributed by atoms with Crippen LogP contribution in [-0.2, 0) is 0 Å². The van der Waals surface area contributed by atoms with Gasteiger partial charge in [-0.3, -0.25) is 0 Å². The molecule has 0 unspecified atom stereocenters. The van der Waals surface area contributed by atoms with Crippen molar-refractivity contribution in [1.82, 2.24) is 9.97 Å². The molecule has 1 aliphatic rings. The van der Waals surface area contributed by atoms with Gasteiger partial charge in [0.2, 0.25) is 0 Å². The zero-order chi connectivity index (χ0) is 19.4. The van der Waals surface area contributed by atoms with Crippen LogP contribution in [0.25, 0.3) is 20.4 Å². The van der Waals surface area contributed by atoms with Gasteiger partial charge in [0.15, 0.2) is 10.3 Å². The number of aromatic nitrogens is 2. The van der Waals surface area contributed by atoms with Crippen molar-refractivity contribution in [3.63, 3.8) is 0 Å². The lowest BCUT2D eigenvalue weighted by Gasteiger charge is -2.34. The Hall–Kier alpha value is -1.31. The maximum atomic E-state index is 6.32. The van der Waals surface area contributed by atoms with E-state index in [1.165, 1.54) is 0 Å². The summed E-state index contributed by atoms with van der Waals surface area (Å²) in [6, 6.07) is 7.59. The summed E-state index contributed by atoms with van der Waals surface area (Å²) >= 11 is 22.1. The lowest BCUT2D eigenvalue weighted by Crippen LogP contribution is -2.46. The highest BCUT2D eigenvalue weighted by Gasteiger charge is 2.23. The maximum Gasteiger partial charge on any atom is 0.186 e. The quantitative estimate of drug-likeness (QED) is 0.335. The van der Waals surface area contributed by atoms with Gasteiger partial charge in [0, 0.05) is 31.2 Å². The predicted molar refractivity (Wildman–Crippen MR) is 123 cm³/mol. The standard InChI is InChI=1S/C19H15Cl3N4S2/c1-10-8-11(20)9-14-15(10)23-18(27-14)25-4-6-26(7-5-25)19-24-16-12(21)2-3-13(22)17(16)28-19/h2-3,8-9H,4-7H2,1H3. The molecule has 0 bridgehead atoms. The molecule has 1 saturated heterocycles. The van der Waals surface area contributed by atoms with Gasteiger partial charge in [0.05, 0.1) is 25.0 Å². The van der Waals surface area contributed by atoms with Crippen LogP contribution in [-0.4, -0.2) is 36.1 Å². The van der Waals surface area contributed by atoms with Gasteiger partial charge in [-0.05, 0) is 36.8 Å². The molecule has 3 heterocycles. The van der Waals surface area contributed by atoms with Gasteiger partial charge >= 0.3 is 0 Å². The molecule has 4 nitrogen and oxygen atoms in total. The normalized spacial score (nSPS) is 15.1. The number of nitrogens with zero attached hydrogens (tertiary/aromatic N) is 4. The van der Waals surface area contributed by atoms with Crippen molar-refractivity contribution < 1.29 is 0 Å². The Morgan fingerprint density at radius 2 is 1.43 bits per heavy atom. The third-order valence-electron chi connectivity index (χ3n) is 4.89. The van der Waals surface area contributed by atoms with Gasteiger partial charge in [-0.15, -0.1) is 0 Å². The van der Waals surface area contributed by atoms with Gasteiger partial charge < -0.3 is 9.80 Å². The fourth-order valence-corrected chi connectivity index (χ4v) is 6.48. The summed E-state index contributed by atoms with van der Waals surface area (Å²) in [5.74, 6) is 0. The predicted octanol–water partition coefficient (Wildman–Crippen LogP) is 6.50. The number of benzene rings is 2. The van der Waals surface area contributed by atoms with Gasteiger partial charge in [0.1, 0.15) is 5.52 Å². The fraction of sp³-hybridized carbons (Fsp3) is 0.263. The highest BCUT2D eigenvalue weighted by Crippen LogP contribution is 2.38. The minimum absolute atomic E-state index is 0.643. The van der Waals surface area contributed by atoms with E-state index in [4.69, 9.17) is 44.8 Å². The van der Waals surface area contributed by atoms with Crippen molar-refractivity contribution in [3.8, 4) is 0 Å². The first-order chi connectivity index (χ1) is 13.5. The maximum absolute atomic E-state index is 6.32. The molecule has 0 radical (unpaired) electrons. The van der Waals surface area contributed by atoms with E-state index in [1.807, 2.05) is 18.2 Å². The minimum atomic E-state index is 0.643. The van der Waals surface area contributed by atoms with Crippen molar-refractivity contribution in [2.75, 3.05) is 36.0 Å². The van der Waals surface area contributed by atoms with E-state index in [-0.39, 0.29) is 0 Å². The molecule has 144 valence electrons. The molecule has 2 aromatic heterocycles. The van der Waals surface area contributed by atoms with E-state index < -0.39 is 0 Å². The average Bonchev–Trinajstić information content (AvgIpc) is 3.30. The van der Waals surface area contributed by atoms with Crippen LogP contribution in [0, 0.1) is 6.92 Å². The molecule has 0 amide bonds. The first kappa shape index (κ1) is 18.7. The molecular formula is C19H15Cl3N4S2. The Labute approximate surface area is 185 Å². The van der Waals surface area contributed by atoms with Crippen LogP contribution in [0.4, 0.5) is 10.3 Å². The second-order valence-electron chi connectivity index (χ2n) is 6.74. The summed E-state index contributed by atoms with van der Waals surface area (Å²) in [7, 11) is 0. The Balaban J connectivity index is 1.37. The van der Waals surface area contributed by atoms with Crippen molar-refractivity contribution in [2.45, 2.75) is 6.92 Å². The van der Waals surface area contributed by atoms with Crippen LogP contribution >= 0.6 is 57.5 Å². The molecule has 0 N–H and O–H groups in total. The van der Waals surface area contributed by atoms with Crippen LogP contribution < -0.4 is 9.80 Å². The molecule has 9 heteroatoms. The van der Waals surface area contributed by atoms with Crippen molar-refractivity contribution >= 4 is 88.2 Å². The summed E-state index contributed by atoms with van der Waals surface area (Å²) in [6.07, 6.45) is 0. The number of piperazine rings is 1. The lowest BCUT2D eigenvalue weighted by molar-refractivity contribution is 0.651. The van der Waals surface area contributed by atoms with E-state index in [0.29, 0.717) is 10.0 Å². The van der Waals surface area contributed by atoms with E-state index in [0.717, 1.165) is 67.5 Å². The smallest absolute Gasteiger partial charge is 0.186 e. The molecule has 0 spiro atoms. The molecule has 0 atom stereocenters. The van der Waals surface area contributed by atoms with Crippen LogP contribution in [0.2, 0.25) is 15.1 Å². The Bertz CT molecular complexity index is 1160. The zero-order valence-electron chi connectivity index (χ0n) is 14.9. The highest BCUT2D eigenvalue weighted by atomic mass is 35.5. The number of halogens is 3. The van der Waals surface area contributed by atoms with Crippen LogP contribution in [0.1, 0.15) is 5.56 Å². The third-order valence-corrected chi connectivity index (χ3v) is 8.06. The molecule has 28 heavy (non-hydrogen) atoms. The van der Waals surface area contributed by atoms with Crippen LogP contribution in [0.3, 0.4) is 0 Å². The van der Waals surface area contributed by atoms with Gasteiger partial charge in [-0.1, -0.05) is 57.5 Å². The van der Waals surface area contributed by atoms with Crippen molar-refractivity contribution in [2.24, 2.45) is 0 Å². The zero-order valence-corrected chi connectivity index (χ0v) is 18.8. The molecule has 2 aromatic carbocycles. The largest absolute Gasteiger partial charge is 0.345 e. The number of fused-ring (bicyclic) bond motifs is 2. The van der Waals surface area contributed by atoms with Gasteiger partial charge in [0.25, 0.3) is 0 Å². The Kier molecular flexibility index (Phi) is 4.80. The number of hydrogen-bond donors (Lipinski definition) is 0. The van der Waals surface area contributed by atoms with Gasteiger partial charge in [-0.2, -0.15) is 0 Å². The summed E-state index contributed by atoms with van der Waals surface area (Å²) in [5.41, 5.74) is 2.95. The average molecular weight is 470 g/mol. The SMILES string of the molecule is Cc1cc(Cl)cc2sc(N3CCN(c4nc5c(Cl)ccc(Cl)c5s4)CC3)nc12.